The normalized spacial score (nSPS) is 24.1. The van der Waals surface area contributed by atoms with Gasteiger partial charge in [0, 0.05) is 79.9 Å². The maximum Gasteiger partial charge on any atom is 0.282 e. The summed E-state index contributed by atoms with van der Waals surface area (Å²) >= 11 is 6.25. The molecule has 2 aromatic carbocycles. The Morgan fingerprint density at radius 3 is 2.25 bits per heavy atom. The van der Waals surface area contributed by atoms with Gasteiger partial charge in [-0.2, -0.15) is 5.26 Å². The van der Waals surface area contributed by atoms with Crippen molar-refractivity contribution in [3.8, 4) is 11.8 Å². The lowest BCUT2D eigenvalue weighted by molar-refractivity contribution is -0.164. The molecule has 2 N–H and O–H groups in total. The van der Waals surface area contributed by atoms with E-state index < -0.39 is 29.7 Å². The highest BCUT2D eigenvalue weighted by Gasteiger charge is 2.64. The Hall–Kier alpha value is -5.59. The summed E-state index contributed by atoms with van der Waals surface area (Å²) in [5.74, 6) is -0.768. The van der Waals surface area contributed by atoms with Gasteiger partial charge in [0.2, 0.25) is 11.8 Å². The molecule has 5 amide bonds. The lowest BCUT2D eigenvalue weighted by atomic mass is 9.49. The topological polar surface area (TPSA) is 181 Å². The van der Waals surface area contributed by atoms with Gasteiger partial charge in [-0.05, 0) is 74.5 Å². The number of benzene rings is 2. The number of fused-ring (bicyclic) bond motifs is 1. The van der Waals surface area contributed by atoms with Crippen LogP contribution < -0.4 is 25.2 Å². The van der Waals surface area contributed by atoms with E-state index in [9.17, 15) is 29.2 Å². The lowest BCUT2D eigenvalue weighted by Crippen LogP contribution is -2.74. The summed E-state index contributed by atoms with van der Waals surface area (Å²) < 4.78 is 6.38. The number of anilines is 2. The Morgan fingerprint density at radius 2 is 1.60 bits per heavy atom. The number of piperazine rings is 1. The highest BCUT2D eigenvalue weighted by molar-refractivity contribution is 6.31. The van der Waals surface area contributed by atoms with Crippen LogP contribution in [0.4, 0.5) is 11.5 Å². The molecule has 3 saturated heterocycles. The fraction of sp³-hybridized carbons (Fsp3) is 0.500. The highest BCUT2D eigenvalue weighted by atomic mass is 35.5. The van der Waals surface area contributed by atoms with Crippen molar-refractivity contribution in [2.45, 2.75) is 78.0 Å². The molecule has 5 aliphatic rings. The number of nitrogens with zero attached hydrogens (tertiary/aromatic N) is 7. The minimum atomic E-state index is -1.05. The van der Waals surface area contributed by atoms with Crippen molar-refractivity contribution in [1.29, 1.82) is 5.26 Å². The largest absolute Gasteiger partial charge is 0.489 e. The third kappa shape index (κ3) is 7.67. The molecule has 15 nitrogen and oxygen atoms in total. The van der Waals surface area contributed by atoms with Crippen LogP contribution in [-0.2, 0) is 9.59 Å². The van der Waals surface area contributed by atoms with Gasteiger partial charge in [0.05, 0.1) is 16.8 Å². The zero-order valence-electron chi connectivity index (χ0n) is 34.4. The molecule has 4 fully saturated rings. The van der Waals surface area contributed by atoms with Crippen molar-refractivity contribution in [3.05, 3.63) is 76.2 Å². The summed E-state index contributed by atoms with van der Waals surface area (Å²) in [6, 6.07) is 13.9. The monoisotopic (exact) mass is 835 g/mol. The molecule has 314 valence electrons. The number of ether oxygens (including phenoxy) is 1. The molecule has 0 bridgehead atoms. The molecule has 4 aliphatic heterocycles. The molecule has 1 unspecified atom stereocenters. The Balaban J connectivity index is 0.769. The van der Waals surface area contributed by atoms with E-state index in [1.165, 1.54) is 6.20 Å². The first-order valence-corrected chi connectivity index (χ1v) is 21.1. The Bertz CT molecular complexity index is 2240. The Kier molecular flexibility index (Phi) is 11.1. The number of rotatable bonds is 10. The van der Waals surface area contributed by atoms with E-state index in [-0.39, 0.29) is 53.1 Å². The number of hydrogen-bond acceptors (Lipinski definition) is 12. The fourth-order valence-electron chi connectivity index (χ4n) is 10.0. The van der Waals surface area contributed by atoms with Crippen LogP contribution in [0.2, 0.25) is 5.02 Å². The summed E-state index contributed by atoms with van der Waals surface area (Å²) in [5, 5.41) is 15.1. The van der Waals surface area contributed by atoms with E-state index in [2.05, 4.69) is 69.1 Å². The van der Waals surface area contributed by atoms with Crippen molar-refractivity contribution in [1.82, 2.24) is 30.4 Å². The summed E-state index contributed by atoms with van der Waals surface area (Å²) in [6.07, 6.45) is 4.77. The summed E-state index contributed by atoms with van der Waals surface area (Å²) in [4.78, 5) is 80.4. The van der Waals surface area contributed by atoms with Gasteiger partial charge in [0.1, 0.15) is 29.8 Å². The van der Waals surface area contributed by atoms with Crippen LogP contribution in [0.15, 0.2) is 48.7 Å². The number of amides is 5. The van der Waals surface area contributed by atoms with E-state index in [1.54, 1.807) is 18.2 Å². The van der Waals surface area contributed by atoms with Gasteiger partial charge in [0.15, 0.2) is 11.4 Å². The molecule has 1 aliphatic carbocycles. The van der Waals surface area contributed by atoms with E-state index in [4.69, 9.17) is 16.3 Å². The maximum atomic E-state index is 13.5. The molecule has 60 heavy (non-hydrogen) atoms. The van der Waals surface area contributed by atoms with Crippen molar-refractivity contribution < 1.29 is 28.7 Å². The molecule has 1 saturated carbocycles. The van der Waals surface area contributed by atoms with Gasteiger partial charge in [-0.3, -0.25) is 39.1 Å². The van der Waals surface area contributed by atoms with Gasteiger partial charge in [0.25, 0.3) is 17.7 Å². The zero-order valence-corrected chi connectivity index (χ0v) is 35.1. The van der Waals surface area contributed by atoms with Gasteiger partial charge < -0.3 is 19.9 Å². The first-order chi connectivity index (χ1) is 28.6. The van der Waals surface area contributed by atoms with E-state index >= 15 is 0 Å². The molecule has 0 radical (unpaired) electrons. The van der Waals surface area contributed by atoms with Crippen molar-refractivity contribution >= 4 is 52.6 Å². The second-order valence-electron chi connectivity index (χ2n) is 17.8. The van der Waals surface area contributed by atoms with Gasteiger partial charge >= 0.3 is 0 Å². The highest BCUT2D eigenvalue weighted by Crippen LogP contribution is 2.55. The molecule has 8 rings (SSSR count). The Labute approximate surface area is 354 Å². The molecule has 3 aromatic rings. The number of halogens is 1. The number of piperidine rings is 2. The number of hydrogen-bond donors (Lipinski definition) is 2. The third-order valence-electron chi connectivity index (χ3n) is 13.2. The molecule has 5 heterocycles. The molecule has 0 spiro atoms. The van der Waals surface area contributed by atoms with Crippen LogP contribution in [0.3, 0.4) is 0 Å². The molecular formula is C44H50ClN9O6. The van der Waals surface area contributed by atoms with Crippen molar-refractivity contribution in [3.63, 3.8) is 0 Å². The fourth-order valence-corrected chi connectivity index (χ4v) is 10.3. The molecule has 16 heteroatoms. The molecule has 1 aromatic heterocycles. The average molecular weight is 836 g/mol. The standard InChI is InChI=1S/C44H50ClN9O6/c1-43(2)41(44(3,4)42(43)60-30-10-7-28(24-46)31(45)23-30)50-37(56)27-5-8-29(9-6-27)52-17-14-26(15-18-52)13-16-51-19-21-53(22-20-51)33-25-47-35-36(48-33)40(59)54(39(35)58)32-11-12-34(55)49-38(32)57/h5-10,23,25-26,32,41-42H,11-22H2,1-4H3,(H,50,56)(H,49,55,57). The van der Waals surface area contributed by atoms with Crippen molar-refractivity contribution in [2.75, 3.05) is 55.6 Å². The number of aromatic nitrogens is 2. The average Bonchev–Trinajstić information content (AvgIpc) is 3.49. The predicted molar refractivity (Wildman–Crippen MR) is 223 cm³/mol. The van der Waals surface area contributed by atoms with Crippen LogP contribution in [0, 0.1) is 28.1 Å². The minimum Gasteiger partial charge on any atom is -0.489 e. The van der Waals surface area contributed by atoms with Gasteiger partial charge in [-0.25, -0.2) is 9.97 Å². The quantitative estimate of drug-likeness (QED) is 0.275. The summed E-state index contributed by atoms with van der Waals surface area (Å²) in [6.45, 7) is 14.4. The number of carbonyl (C=O) groups is 5. The Morgan fingerprint density at radius 1 is 0.917 bits per heavy atom. The second-order valence-corrected chi connectivity index (χ2v) is 18.2. The first-order valence-electron chi connectivity index (χ1n) is 20.7. The van der Waals surface area contributed by atoms with Crippen LogP contribution >= 0.6 is 11.6 Å². The predicted octanol–water partition coefficient (Wildman–Crippen LogP) is 4.44. The van der Waals surface area contributed by atoms with Gasteiger partial charge in [-0.15, -0.1) is 0 Å². The van der Waals surface area contributed by atoms with Crippen LogP contribution in [0.25, 0.3) is 0 Å². The number of carbonyl (C=O) groups excluding carboxylic acids is 5. The maximum absolute atomic E-state index is 13.5. The van der Waals surface area contributed by atoms with Crippen LogP contribution in [0.1, 0.15) is 96.7 Å². The summed E-state index contributed by atoms with van der Waals surface area (Å²) in [5.41, 5.74) is 1.31. The molecule has 1 atom stereocenters. The SMILES string of the molecule is CC1(C)C(NC(=O)c2ccc(N3CCC(CCN4CCN(c5cnc6c(n5)C(=O)N(C5CCC(=O)NC5=O)C6=O)CC4)CC3)cc2)C(C)(C)C1Oc1ccc(C#N)c(Cl)c1. The van der Waals surface area contributed by atoms with E-state index in [1.807, 2.05) is 24.3 Å². The second kappa shape index (κ2) is 16.1. The van der Waals surface area contributed by atoms with E-state index in [0.29, 0.717) is 46.7 Å². The third-order valence-corrected chi connectivity index (χ3v) is 13.5. The molecular weight excluding hydrogens is 786 g/mol. The van der Waals surface area contributed by atoms with E-state index in [0.717, 1.165) is 62.6 Å². The smallest absolute Gasteiger partial charge is 0.282 e. The van der Waals surface area contributed by atoms with Crippen LogP contribution in [0.5, 0.6) is 5.75 Å². The number of nitriles is 1. The summed E-state index contributed by atoms with van der Waals surface area (Å²) in [7, 11) is 0. The van der Waals surface area contributed by atoms with Gasteiger partial charge in [-0.1, -0.05) is 39.3 Å². The van der Waals surface area contributed by atoms with Crippen molar-refractivity contribution in [2.24, 2.45) is 16.7 Å². The van der Waals surface area contributed by atoms with Crippen LogP contribution in [-0.4, -0.2) is 113 Å². The number of nitrogens with one attached hydrogen (secondary N) is 2. The number of imide groups is 2. The first kappa shape index (κ1) is 41.2. The minimum absolute atomic E-state index is 0.0516. The lowest BCUT2D eigenvalue weighted by Gasteiger charge is -2.63. The zero-order chi connectivity index (χ0) is 42.5.